The second kappa shape index (κ2) is 7.31. The van der Waals surface area contributed by atoms with Crippen LogP contribution in [0.4, 0.5) is 5.13 Å². The van der Waals surface area contributed by atoms with Gasteiger partial charge in [-0.25, -0.2) is 0 Å². The molecule has 1 aromatic carbocycles. The number of amides is 1. The van der Waals surface area contributed by atoms with Crippen molar-refractivity contribution in [3.8, 4) is 0 Å². The van der Waals surface area contributed by atoms with Gasteiger partial charge in [-0.15, -0.1) is 10.2 Å². The summed E-state index contributed by atoms with van der Waals surface area (Å²) in [5.41, 5.74) is 1.78. The lowest BCUT2D eigenvalue weighted by atomic mass is 10.1. The van der Waals surface area contributed by atoms with Crippen LogP contribution in [-0.2, 0) is 11.2 Å². The molecule has 6 heteroatoms. The summed E-state index contributed by atoms with van der Waals surface area (Å²) in [5.74, 6) is 0.287. The van der Waals surface area contributed by atoms with E-state index >= 15 is 0 Å². The second-order valence-corrected chi connectivity index (χ2v) is 6.91. The fraction of sp³-hybridized carbons (Fsp3) is 0.222. The number of rotatable bonds is 5. The van der Waals surface area contributed by atoms with Crippen molar-refractivity contribution in [2.75, 3.05) is 5.32 Å². The molecular weight excluding hydrogens is 320 g/mol. The van der Waals surface area contributed by atoms with E-state index in [-0.39, 0.29) is 5.91 Å². The SMILES string of the molecule is CC(C)Cc1nnc(NC(=O)/C=C/c2cccc3cccnc23)s1. The highest BCUT2D eigenvalue weighted by molar-refractivity contribution is 7.15. The smallest absolute Gasteiger partial charge is 0.250 e. The molecule has 2 aromatic heterocycles. The van der Waals surface area contributed by atoms with Gasteiger partial charge in [-0.2, -0.15) is 0 Å². The van der Waals surface area contributed by atoms with Gasteiger partial charge in [0, 0.05) is 29.6 Å². The molecule has 3 aromatic rings. The number of hydrogen-bond acceptors (Lipinski definition) is 5. The second-order valence-electron chi connectivity index (χ2n) is 5.84. The summed E-state index contributed by atoms with van der Waals surface area (Å²) >= 11 is 1.41. The van der Waals surface area contributed by atoms with Crippen molar-refractivity contribution in [3.63, 3.8) is 0 Å². The summed E-state index contributed by atoms with van der Waals surface area (Å²) in [7, 11) is 0. The predicted molar refractivity (Wildman–Crippen MR) is 97.9 cm³/mol. The Morgan fingerprint density at radius 2 is 2.08 bits per heavy atom. The van der Waals surface area contributed by atoms with Crippen molar-refractivity contribution in [2.24, 2.45) is 5.92 Å². The first-order chi connectivity index (χ1) is 11.6. The summed E-state index contributed by atoms with van der Waals surface area (Å²) < 4.78 is 0. The Labute approximate surface area is 144 Å². The van der Waals surface area contributed by atoms with Crippen molar-refractivity contribution in [1.82, 2.24) is 15.2 Å². The molecule has 0 bridgehead atoms. The molecule has 0 atom stereocenters. The van der Waals surface area contributed by atoms with Crippen LogP contribution in [0.15, 0.2) is 42.6 Å². The van der Waals surface area contributed by atoms with Gasteiger partial charge in [0.15, 0.2) is 0 Å². The Hall–Kier alpha value is -2.60. The van der Waals surface area contributed by atoms with E-state index in [0.717, 1.165) is 27.9 Å². The van der Waals surface area contributed by atoms with Crippen LogP contribution in [0, 0.1) is 5.92 Å². The molecule has 0 aliphatic heterocycles. The number of nitrogens with zero attached hydrogens (tertiary/aromatic N) is 3. The summed E-state index contributed by atoms with van der Waals surface area (Å²) in [6.45, 7) is 4.25. The minimum absolute atomic E-state index is 0.227. The van der Waals surface area contributed by atoms with E-state index in [2.05, 4.69) is 34.3 Å². The maximum absolute atomic E-state index is 12.1. The number of carbonyl (C=O) groups is 1. The maximum atomic E-state index is 12.1. The van der Waals surface area contributed by atoms with E-state index in [1.807, 2.05) is 30.3 Å². The largest absolute Gasteiger partial charge is 0.297 e. The molecule has 0 fully saturated rings. The molecule has 0 radical (unpaired) electrons. The number of benzene rings is 1. The molecule has 122 valence electrons. The predicted octanol–water partition coefficient (Wildman–Crippen LogP) is 3.94. The van der Waals surface area contributed by atoms with E-state index in [1.54, 1.807) is 12.3 Å². The number of hydrogen-bond donors (Lipinski definition) is 1. The van der Waals surface area contributed by atoms with Gasteiger partial charge in [-0.1, -0.05) is 49.4 Å². The molecule has 3 rings (SSSR count). The molecule has 0 aliphatic carbocycles. The average Bonchev–Trinajstić information content (AvgIpc) is 2.99. The van der Waals surface area contributed by atoms with Crippen LogP contribution in [0.5, 0.6) is 0 Å². The molecule has 1 amide bonds. The van der Waals surface area contributed by atoms with Gasteiger partial charge < -0.3 is 0 Å². The third kappa shape index (κ3) is 4.02. The van der Waals surface area contributed by atoms with Gasteiger partial charge in [0.25, 0.3) is 0 Å². The van der Waals surface area contributed by atoms with Gasteiger partial charge in [-0.3, -0.25) is 15.1 Å². The number of para-hydroxylation sites is 1. The first-order valence-electron chi connectivity index (χ1n) is 7.77. The van der Waals surface area contributed by atoms with Gasteiger partial charge in [-0.05, 0) is 18.1 Å². The van der Waals surface area contributed by atoms with E-state index in [4.69, 9.17) is 0 Å². The number of anilines is 1. The number of carbonyl (C=O) groups excluding carboxylic acids is 1. The number of aromatic nitrogens is 3. The number of fused-ring (bicyclic) bond motifs is 1. The van der Waals surface area contributed by atoms with Crippen LogP contribution in [0.2, 0.25) is 0 Å². The third-order valence-electron chi connectivity index (χ3n) is 3.36. The Bertz CT molecular complexity index is 880. The van der Waals surface area contributed by atoms with Gasteiger partial charge >= 0.3 is 0 Å². The molecule has 0 saturated heterocycles. The Morgan fingerprint density at radius 3 is 2.92 bits per heavy atom. The van der Waals surface area contributed by atoms with E-state index in [1.165, 1.54) is 17.4 Å². The van der Waals surface area contributed by atoms with Crippen molar-refractivity contribution < 1.29 is 4.79 Å². The standard InChI is InChI=1S/C18H18N4OS/c1-12(2)11-16-21-22-18(24-16)20-15(23)9-8-14-6-3-5-13-7-4-10-19-17(13)14/h3-10,12H,11H2,1-2H3,(H,20,22,23)/b9-8+. The zero-order chi connectivity index (χ0) is 16.9. The molecule has 2 heterocycles. The van der Waals surface area contributed by atoms with Crippen molar-refractivity contribution >= 4 is 39.4 Å². The monoisotopic (exact) mass is 338 g/mol. The molecule has 5 nitrogen and oxygen atoms in total. The molecule has 0 spiro atoms. The zero-order valence-electron chi connectivity index (χ0n) is 13.6. The zero-order valence-corrected chi connectivity index (χ0v) is 14.4. The van der Waals surface area contributed by atoms with Crippen LogP contribution in [0.3, 0.4) is 0 Å². The van der Waals surface area contributed by atoms with E-state index in [0.29, 0.717) is 11.0 Å². The topological polar surface area (TPSA) is 67.8 Å². The molecule has 1 N–H and O–H groups in total. The minimum Gasteiger partial charge on any atom is -0.297 e. The lowest BCUT2D eigenvalue weighted by Gasteiger charge is -2.00. The molecule has 0 aliphatic rings. The highest BCUT2D eigenvalue weighted by atomic mass is 32.1. The van der Waals surface area contributed by atoms with E-state index in [9.17, 15) is 4.79 Å². The van der Waals surface area contributed by atoms with Gasteiger partial charge in [0.05, 0.1) is 5.52 Å². The first kappa shape index (κ1) is 16.3. The van der Waals surface area contributed by atoms with Crippen LogP contribution in [-0.4, -0.2) is 21.1 Å². The lowest BCUT2D eigenvalue weighted by Crippen LogP contribution is -2.07. The Balaban J connectivity index is 1.70. The van der Waals surface area contributed by atoms with Crippen molar-refractivity contribution in [2.45, 2.75) is 20.3 Å². The fourth-order valence-corrected chi connectivity index (χ4v) is 3.27. The minimum atomic E-state index is -0.227. The third-order valence-corrected chi connectivity index (χ3v) is 4.22. The van der Waals surface area contributed by atoms with Crippen molar-refractivity contribution in [3.05, 3.63) is 53.2 Å². The van der Waals surface area contributed by atoms with Crippen molar-refractivity contribution in [1.29, 1.82) is 0 Å². The maximum Gasteiger partial charge on any atom is 0.250 e. The van der Waals surface area contributed by atoms with Crippen LogP contribution < -0.4 is 5.32 Å². The van der Waals surface area contributed by atoms with E-state index < -0.39 is 0 Å². The van der Waals surface area contributed by atoms with Gasteiger partial charge in [0.2, 0.25) is 11.0 Å². The molecule has 0 unspecified atom stereocenters. The number of pyridine rings is 1. The molecular formula is C18H18N4OS. The molecule has 24 heavy (non-hydrogen) atoms. The molecule has 0 saturated carbocycles. The first-order valence-corrected chi connectivity index (χ1v) is 8.58. The Morgan fingerprint density at radius 1 is 1.25 bits per heavy atom. The lowest BCUT2D eigenvalue weighted by molar-refractivity contribution is -0.111. The normalized spacial score (nSPS) is 11.5. The van der Waals surface area contributed by atoms with Gasteiger partial charge in [0.1, 0.15) is 5.01 Å². The summed E-state index contributed by atoms with van der Waals surface area (Å²) in [5, 5.41) is 13.3. The average molecular weight is 338 g/mol. The van der Waals surface area contributed by atoms with Crippen LogP contribution in [0.25, 0.3) is 17.0 Å². The summed E-state index contributed by atoms with van der Waals surface area (Å²) in [6, 6.07) is 9.77. The quantitative estimate of drug-likeness (QED) is 0.716. The Kier molecular flexibility index (Phi) is 4.96. The highest BCUT2D eigenvalue weighted by Crippen LogP contribution is 2.19. The summed E-state index contributed by atoms with van der Waals surface area (Å²) in [4.78, 5) is 16.4. The number of nitrogens with one attached hydrogen (secondary N) is 1. The van der Waals surface area contributed by atoms with Crippen LogP contribution in [0.1, 0.15) is 24.4 Å². The summed E-state index contributed by atoms with van der Waals surface area (Å²) in [6.07, 6.45) is 5.87. The fourth-order valence-electron chi connectivity index (χ4n) is 2.31. The van der Waals surface area contributed by atoms with Crippen LogP contribution >= 0.6 is 11.3 Å². The highest BCUT2D eigenvalue weighted by Gasteiger charge is 2.08.